The summed E-state index contributed by atoms with van der Waals surface area (Å²) in [5.41, 5.74) is 7.53. The third-order valence-electron chi connectivity index (χ3n) is 3.32. The largest absolute Gasteiger partial charge is 0.366 e. The summed E-state index contributed by atoms with van der Waals surface area (Å²) in [7, 11) is 0. The molecule has 0 atom stereocenters. The van der Waals surface area contributed by atoms with E-state index in [9.17, 15) is 4.79 Å². The summed E-state index contributed by atoms with van der Waals surface area (Å²) in [6.45, 7) is 8.46. The second-order valence-corrected chi connectivity index (χ2v) is 6.17. The lowest BCUT2D eigenvalue weighted by molar-refractivity contribution is 0.1000. The van der Waals surface area contributed by atoms with E-state index in [-0.39, 0.29) is 5.41 Å². The molecular weight excluding hydrogens is 252 g/mol. The van der Waals surface area contributed by atoms with Crippen LogP contribution in [0.25, 0.3) is 5.65 Å². The molecule has 0 fully saturated rings. The number of carbonyl (C=O) groups is 1. The van der Waals surface area contributed by atoms with Gasteiger partial charge in [-0.25, -0.2) is 0 Å². The van der Waals surface area contributed by atoms with Gasteiger partial charge in [-0.05, 0) is 25.0 Å². The Labute approximate surface area is 119 Å². The number of fused-ring (bicyclic) bond motifs is 1. The van der Waals surface area contributed by atoms with E-state index in [1.807, 2.05) is 6.07 Å². The highest BCUT2D eigenvalue weighted by Crippen LogP contribution is 2.24. The van der Waals surface area contributed by atoms with E-state index in [2.05, 4.69) is 42.3 Å². The van der Waals surface area contributed by atoms with Crippen molar-refractivity contribution >= 4 is 11.6 Å². The number of aryl methyl sites for hydroxylation is 1. The maximum Gasteiger partial charge on any atom is 0.248 e. The van der Waals surface area contributed by atoms with E-state index < -0.39 is 5.91 Å². The number of amides is 1. The summed E-state index contributed by atoms with van der Waals surface area (Å²) in [6.07, 6.45) is 3.03. The van der Waals surface area contributed by atoms with Gasteiger partial charge in [0.25, 0.3) is 0 Å². The summed E-state index contributed by atoms with van der Waals surface area (Å²) in [5, 5.41) is 8.50. The quantitative estimate of drug-likeness (QED) is 0.930. The molecule has 0 aliphatic rings. The highest BCUT2D eigenvalue weighted by Gasteiger charge is 2.23. The molecule has 0 bridgehead atoms. The van der Waals surface area contributed by atoms with E-state index >= 15 is 0 Å². The van der Waals surface area contributed by atoms with Crippen molar-refractivity contribution in [2.24, 2.45) is 5.73 Å². The zero-order chi connectivity index (χ0) is 14.9. The van der Waals surface area contributed by atoms with Gasteiger partial charge in [-0.15, -0.1) is 10.2 Å². The molecule has 2 aromatic heterocycles. The minimum Gasteiger partial charge on any atom is -0.366 e. The van der Waals surface area contributed by atoms with Gasteiger partial charge in [-0.2, -0.15) is 0 Å². The maximum absolute atomic E-state index is 11.4. The number of unbranched alkanes of at least 4 members (excludes halogenated alkanes) is 1. The van der Waals surface area contributed by atoms with Gasteiger partial charge in [0.1, 0.15) is 5.82 Å². The summed E-state index contributed by atoms with van der Waals surface area (Å²) < 4.78 is 2.06. The lowest BCUT2D eigenvalue weighted by Gasteiger charge is -2.18. The fourth-order valence-corrected chi connectivity index (χ4v) is 2.27. The van der Waals surface area contributed by atoms with Gasteiger partial charge >= 0.3 is 0 Å². The number of pyridine rings is 1. The first-order chi connectivity index (χ1) is 9.34. The van der Waals surface area contributed by atoms with E-state index in [0.29, 0.717) is 11.2 Å². The number of hydrogen-bond donors (Lipinski definition) is 1. The predicted molar refractivity (Wildman–Crippen MR) is 78.8 cm³/mol. The van der Waals surface area contributed by atoms with E-state index in [0.717, 1.165) is 30.8 Å². The SMILES string of the molecule is CCCCc1cc(C(N)=O)cc2nnc(C(C)(C)C)n12. The third-order valence-corrected chi connectivity index (χ3v) is 3.32. The smallest absolute Gasteiger partial charge is 0.248 e. The lowest BCUT2D eigenvalue weighted by Crippen LogP contribution is -2.19. The summed E-state index contributed by atoms with van der Waals surface area (Å²) in [4.78, 5) is 11.4. The Bertz CT molecular complexity index is 637. The lowest BCUT2D eigenvalue weighted by atomic mass is 9.95. The summed E-state index contributed by atoms with van der Waals surface area (Å²) in [5.74, 6) is 0.486. The Kier molecular flexibility index (Phi) is 3.79. The first-order valence-electron chi connectivity index (χ1n) is 7.03. The van der Waals surface area contributed by atoms with E-state index in [4.69, 9.17) is 5.73 Å². The normalized spacial score (nSPS) is 12.0. The van der Waals surface area contributed by atoms with Gasteiger partial charge in [-0.3, -0.25) is 9.20 Å². The molecule has 108 valence electrons. The van der Waals surface area contributed by atoms with Crippen molar-refractivity contribution in [3.05, 3.63) is 29.2 Å². The van der Waals surface area contributed by atoms with Gasteiger partial charge < -0.3 is 5.73 Å². The Balaban J connectivity index is 2.67. The molecule has 0 saturated carbocycles. The van der Waals surface area contributed by atoms with Gasteiger partial charge in [0, 0.05) is 16.7 Å². The summed E-state index contributed by atoms with van der Waals surface area (Å²) in [6, 6.07) is 3.57. The van der Waals surface area contributed by atoms with Crippen LogP contribution in [0.1, 0.15) is 62.4 Å². The predicted octanol–water partition coefficient (Wildman–Crippen LogP) is 2.47. The van der Waals surface area contributed by atoms with E-state index in [1.54, 1.807) is 6.07 Å². The molecule has 2 rings (SSSR count). The van der Waals surface area contributed by atoms with Crippen LogP contribution in [0.15, 0.2) is 12.1 Å². The van der Waals surface area contributed by atoms with Crippen LogP contribution < -0.4 is 5.73 Å². The Morgan fingerprint density at radius 2 is 2.00 bits per heavy atom. The number of nitrogens with zero attached hydrogens (tertiary/aromatic N) is 3. The molecule has 0 aliphatic carbocycles. The van der Waals surface area contributed by atoms with Crippen LogP contribution in [0.5, 0.6) is 0 Å². The number of carbonyl (C=O) groups excluding carboxylic acids is 1. The molecule has 5 nitrogen and oxygen atoms in total. The molecule has 5 heteroatoms. The van der Waals surface area contributed by atoms with Crippen molar-refractivity contribution in [1.29, 1.82) is 0 Å². The second-order valence-electron chi connectivity index (χ2n) is 6.17. The Morgan fingerprint density at radius 3 is 2.55 bits per heavy atom. The van der Waals surface area contributed by atoms with Crippen molar-refractivity contribution in [1.82, 2.24) is 14.6 Å². The van der Waals surface area contributed by atoms with Crippen LogP contribution in [-0.4, -0.2) is 20.5 Å². The van der Waals surface area contributed by atoms with Crippen LogP contribution in [0.3, 0.4) is 0 Å². The third kappa shape index (κ3) is 2.66. The molecule has 2 N–H and O–H groups in total. The average Bonchev–Trinajstić information content (AvgIpc) is 2.79. The number of primary amides is 1. The minimum atomic E-state index is -0.425. The van der Waals surface area contributed by atoms with Gasteiger partial charge in [0.05, 0.1) is 0 Å². The molecule has 20 heavy (non-hydrogen) atoms. The number of rotatable bonds is 4. The molecule has 1 amide bonds. The number of aromatic nitrogens is 3. The van der Waals surface area contributed by atoms with Crippen molar-refractivity contribution in [3.8, 4) is 0 Å². The number of nitrogens with two attached hydrogens (primary N) is 1. The van der Waals surface area contributed by atoms with Crippen LogP contribution in [-0.2, 0) is 11.8 Å². The number of hydrogen-bond acceptors (Lipinski definition) is 3. The molecule has 2 heterocycles. The van der Waals surface area contributed by atoms with Gasteiger partial charge in [0.2, 0.25) is 5.91 Å². The zero-order valence-electron chi connectivity index (χ0n) is 12.6. The van der Waals surface area contributed by atoms with Crippen LogP contribution in [0.4, 0.5) is 0 Å². The Hall–Kier alpha value is -1.91. The van der Waals surface area contributed by atoms with Gasteiger partial charge in [0.15, 0.2) is 5.65 Å². The molecular formula is C15H22N4O. The highest BCUT2D eigenvalue weighted by atomic mass is 16.1. The van der Waals surface area contributed by atoms with Crippen LogP contribution >= 0.6 is 0 Å². The maximum atomic E-state index is 11.4. The molecule has 0 saturated heterocycles. The van der Waals surface area contributed by atoms with Crippen LogP contribution in [0, 0.1) is 0 Å². The first-order valence-corrected chi connectivity index (χ1v) is 7.03. The van der Waals surface area contributed by atoms with Crippen molar-refractivity contribution in [3.63, 3.8) is 0 Å². The van der Waals surface area contributed by atoms with Crippen molar-refractivity contribution in [2.75, 3.05) is 0 Å². The first kappa shape index (κ1) is 14.5. The molecule has 0 aromatic carbocycles. The average molecular weight is 274 g/mol. The highest BCUT2D eigenvalue weighted by molar-refractivity contribution is 5.93. The standard InChI is InChI=1S/C15H22N4O/c1-5-6-7-11-8-10(13(16)20)9-12-17-18-14(19(11)12)15(2,3)4/h8-9H,5-7H2,1-4H3,(H2,16,20). The molecule has 2 aromatic rings. The van der Waals surface area contributed by atoms with Crippen molar-refractivity contribution < 1.29 is 4.79 Å². The zero-order valence-corrected chi connectivity index (χ0v) is 12.6. The summed E-state index contributed by atoms with van der Waals surface area (Å²) >= 11 is 0. The molecule has 0 spiro atoms. The Morgan fingerprint density at radius 1 is 1.30 bits per heavy atom. The van der Waals surface area contributed by atoms with Gasteiger partial charge in [-0.1, -0.05) is 34.1 Å². The molecule has 0 unspecified atom stereocenters. The molecule has 0 aliphatic heterocycles. The second kappa shape index (κ2) is 5.23. The minimum absolute atomic E-state index is 0.103. The topological polar surface area (TPSA) is 73.3 Å². The fourth-order valence-electron chi connectivity index (χ4n) is 2.27. The molecule has 0 radical (unpaired) electrons. The monoisotopic (exact) mass is 274 g/mol. The fraction of sp³-hybridized carbons (Fsp3) is 0.533. The van der Waals surface area contributed by atoms with Crippen molar-refractivity contribution in [2.45, 2.75) is 52.4 Å². The van der Waals surface area contributed by atoms with Crippen LogP contribution in [0.2, 0.25) is 0 Å². The van der Waals surface area contributed by atoms with E-state index in [1.165, 1.54) is 0 Å².